The highest BCUT2D eigenvalue weighted by molar-refractivity contribution is 7.17. The first kappa shape index (κ1) is 23.6. The van der Waals surface area contributed by atoms with E-state index < -0.39 is 11.9 Å². The molecule has 1 aromatic carbocycles. The number of nitrogens with zero attached hydrogens (tertiary/aromatic N) is 3. The van der Waals surface area contributed by atoms with E-state index in [0.29, 0.717) is 27.0 Å². The molecular formula is C24H24FN3O5S. The number of hydrogen-bond acceptors (Lipinski definition) is 7. The van der Waals surface area contributed by atoms with Crippen molar-refractivity contribution in [2.75, 3.05) is 18.1 Å². The first-order valence-electron chi connectivity index (χ1n) is 10.9. The Morgan fingerprint density at radius 3 is 2.74 bits per heavy atom. The first-order chi connectivity index (χ1) is 16.4. The number of ether oxygens (including phenoxy) is 1. The van der Waals surface area contributed by atoms with Crippen LogP contribution in [0.25, 0.3) is 0 Å². The Hall–Kier alpha value is -3.53. The number of rotatable bonds is 8. The lowest BCUT2D eigenvalue weighted by Gasteiger charge is -2.23. The molecule has 10 heteroatoms. The number of likely N-dealkylation sites (tertiary alicyclic amines) is 1. The Morgan fingerprint density at radius 2 is 2.06 bits per heavy atom. The van der Waals surface area contributed by atoms with Crippen molar-refractivity contribution in [3.63, 3.8) is 0 Å². The largest absolute Gasteiger partial charge is 0.467 e. The van der Waals surface area contributed by atoms with Crippen LogP contribution in [0.2, 0.25) is 0 Å². The minimum absolute atomic E-state index is 0.0640. The molecule has 34 heavy (non-hydrogen) atoms. The molecule has 0 aliphatic carbocycles. The SMILES string of the molecule is CCOC(=O)c1sc(N(Cc2ccc(F)cc2)C(=O)[C@H]2CC(=O)N(Cc3ccco3)C2)nc1C. The summed E-state index contributed by atoms with van der Waals surface area (Å²) in [6.45, 7) is 4.27. The predicted molar refractivity (Wildman–Crippen MR) is 123 cm³/mol. The van der Waals surface area contributed by atoms with Gasteiger partial charge in [0.25, 0.3) is 0 Å². The number of esters is 1. The average molecular weight is 486 g/mol. The summed E-state index contributed by atoms with van der Waals surface area (Å²) in [5.74, 6) is -1.26. The van der Waals surface area contributed by atoms with Crippen molar-refractivity contribution < 1.29 is 27.9 Å². The molecule has 178 valence electrons. The van der Waals surface area contributed by atoms with Crippen molar-refractivity contribution in [1.82, 2.24) is 9.88 Å². The monoisotopic (exact) mass is 485 g/mol. The van der Waals surface area contributed by atoms with E-state index in [2.05, 4.69) is 4.98 Å². The summed E-state index contributed by atoms with van der Waals surface area (Å²) in [6, 6.07) is 9.34. The molecule has 8 nitrogen and oxygen atoms in total. The lowest BCUT2D eigenvalue weighted by atomic mass is 10.1. The third-order valence-corrected chi connectivity index (χ3v) is 6.65. The van der Waals surface area contributed by atoms with Crippen molar-refractivity contribution in [1.29, 1.82) is 0 Å². The van der Waals surface area contributed by atoms with Crippen LogP contribution in [0.15, 0.2) is 47.1 Å². The molecule has 1 aliphatic heterocycles. The fraction of sp³-hybridized carbons (Fsp3) is 0.333. The molecule has 4 rings (SSSR count). The molecule has 1 fully saturated rings. The van der Waals surface area contributed by atoms with Gasteiger partial charge in [0.2, 0.25) is 11.8 Å². The van der Waals surface area contributed by atoms with E-state index in [1.54, 1.807) is 43.0 Å². The number of thiazole rings is 1. The molecule has 3 aromatic rings. The van der Waals surface area contributed by atoms with Gasteiger partial charge in [0, 0.05) is 13.0 Å². The van der Waals surface area contributed by atoms with Crippen LogP contribution in [0.4, 0.5) is 9.52 Å². The second-order valence-electron chi connectivity index (χ2n) is 7.94. The highest BCUT2D eigenvalue weighted by atomic mass is 32.1. The normalized spacial score (nSPS) is 15.6. The van der Waals surface area contributed by atoms with Crippen molar-refractivity contribution in [2.45, 2.75) is 33.4 Å². The molecule has 0 spiro atoms. The maximum Gasteiger partial charge on any atom is 0.350 e. The molecule has 0 unspecified atom stereocenters. The standard InChI is InChI=1S/C24H24FN3O5S/c1-3-32-23(31)21-15(2)26-24(34-21)28(12-16-6-8-18(25)9-7-16)22(30)17-11-20(29)27(13-17)14-19-5-4-10-33-19/h4-10,17H,3,11-14H2,1-2H3/t17-/m0/s1. The number of anilines is 1. The third kappa shape index (κ3) is 5.17. The Morgan fingerprint density at radius 1 is 1.29 bits per heavy atom. The molecule has 0 bridgehead atoms. The highest BCUT2D eigenvalue weighted by Gasteiger charge is 2.38. The summed E-state index contributed by atoms with van der Waals surface area (Å²) in [5.41, 5.74) is 1.15. The second kappa shape index (κ2) is 10.2. The van der Waals surface area contributed by atoms with Crippen LogP contribution in [-0.2, 0) is 27.4 Å². The van der Waals surface area contributed by atoms with E-state index in [4.69, 9.17) is 9.15 Å². The van der Waals surface area contributed by atoms with E-state index in [9.17, 15) is 18.8 Å². The van der Waals surface area contributed by atoms with Crippen LogP contribution in [0.1, 0.15) is 40.0 Å². The Bertz CT molecular complexity index is 1180. The van der Waals surface area contributed by atoms with E-state index in [1.807, 2.05) is 0 Å². The van der Waals surface area contributed by atoms with Crippen molar-refractivity contribution in [3.05, 3.63) is 70.4 Å². The summed E-state index contributed by atoms with van der Waals surface area (Å²) < 4.78 is 23.8. The van der Waals surface area contributed by atoms with Crippen LogP contribution in [0, 0.1) is 18.7 Å². The predicted octanol–water partition coefficient (Wildman–Crippen LogP) is 3.94. The average Bonchev–Trinajstić information content (AvgIpc) is 3.54. The van der Waals surface area contributed by atoms with Gasteiger partial charge in [-0.3, -0.25) is 14.5 Å². The summed E-state index contributed by atoms with van der Waals surface area (Å²) in [5, 5.41) is 0.326. The highest BCUT2D eigenvalue weighted by Crippen LogP contribution is 2.31. The summed E-state index contributed by atoms with van der Waals surface area (Å²) in [7, 11) is 0. The van der Waals surface area contributed by atoms with Gasteiger partial charge < -0.3 is 14.1 Å². The third-order valence-electron chi connectivity index (χ3n) is 5.49. The van der Waals surface area contributed by atoms with E-state index in [-0.39, 0.29) is 50.3 Å². The molecule has 2 amide bonds. The lowest BCUT2D eigenvalue weighted by Crippen LogP contribution is -2.37. The topological polar surface area (TPSA) is 93.0 Å². The quantitative estimate of drug-likeness (QED) is 0.449. The van der Waals surface area contributed by atoms with Crippen LogP contribution in [0.5, 0.6) is 0 Å². The van der Waals surface area contributed by atoms with Gasteiger partial charge in [-0.15, -0.1) is 0 Å². The summed E-state index contributed by atoms with van der Waals surface area (Å²) in [6.07, 6.45) is 1.60. The van der Waals surface area contributed by atoms with Crippen LogP contribution in [0.3, 0.4) is 0 Å². The minimum Gasteiger partial charge on any atom is -0.467 e. The van der Waals surface area contributed by atoms with Crippen molar-refractivity contribution in [3.8, 4) is 0 Å². The van der Waals surface area contributed by atoms with Crippen LogP contribution < -0.4 is 4.90 Å². The first-order valence-corrected chi connectivity index (χ1v) is 11.7. The number of furan rings is 1. The number of aromatic nitrogens is 1. The molecule has 1 atom stereocenters. The number of amides is 2. The zero-order valence-corrected chi connectivity index (χ0v) is 19.6. The van der Waals surface area contributed by atoms with Gasteiger partial charge in [-0.1, -0.05) is 23.5 Å². The summed E-state index contributed by atoms with van der Waals surface area (Å²) >= 11 is 1.06. The second-order valence-corrected chi connectivity index (χ2v) is 8.91. The maximum atomic E-state index is 13.6. The Labute approximate surface area is 199 Å². The number of carbonyl (C=O) groups is 3. The number of hydrogen-bond donors (Lipinski definition) is 0. The van der Waals surface area contributed by atoms with Crippen LogP contribution in [-0.4, -0.2) is 40.8 Å². The molecular weight excluding hydrogens is 461 g/mol. The molecule has 2 aromatic heterocycles. The van der Waals surface area contributed by atoms with E-state index >= 15 is 0 Å². The van der Waals surface area contributed by atoms with Gasteiger partial charge in [-0.05, 0) is 43.7 Å². The molecule has 1 aliphatic rings. The smallest absolute Gasteiger partial charge is 0.350 e. The fourth-order valence-corrected chi connectivity index (χ4v) is 4.76. The fourth-order valence-electron chi connectivity index (χ4n) is 3.80. The summed E-state index contributed by atoms with van der Waals surface area (Å²) in [4.78, 5) is 46.3. The number of halogens is 1. The van der Waals surface area contributed by atoms with Gasteiger partial charge in [-0.2, -0.15) is 0 Å². The molecule has 3 heterocycles. The van der Waals surface area contributed by atoms with Gasteiger partial charge in [-0.25, -0.2) is 14.2 Å². The Balaban J connectivity index is 1.59. The molecule has 1 saturated heterocycles. The molecule has 0 N–H and O–H groups in total. The van der Waals surface area contributed by atoms with Crippen LogP contribution >= 0.6 is 11.3 Å². The maximum absolute atomic E-state index is 13.6. The van der Waals surface area contributed by atoms with E-state index in [0.717, 1.165) is 11.3 Å². The number of benzene rings is 1. The van der Waals surface area contributed by atoms with Crippen molar-refractivity contribution >= 4 is 34.3 Å². The number of carbonyl (C=O) groups excluding carboxylic acids is 3. The van der Waals surface area contributed by atoms with Crippen molar-refractivity contribution in [2.24, 2.45) is 5.92 Å². The van der Waals surface area contributed by atoms with Gasteiger partial charge >= 0.3 is 5.97 Å². The van der Waals surface area contributed by atoms with E-state index in [1.165, 1.54) is 23.3 Å². The zero-order chi connectivity index (χ0) is 24.2. The minimum atomic E-state index is -0.585. The Kier molecular flexibility index (Phi) is 7.06. The zero-order valence-electron chi connectivity index (χ0n) is 18.8. The number of aryl methyl sites for hydroxylation is 1. The molecule has 0 radical (unpaired) electrons. The van der Waals surface area contributed by atoms with Gasteiger partial charge in [0.15, 0.2) is 5.13 Å². The lowest BCUT2D eigenvalue weighted by molar-refractivity contribution is -0.129. The van der Waals surface area contributed by atoms with Gasteiger partial charge in [0.1, 0.15) is 16.5 Å². The van der Waals surface area contributed by atoms with Gasteiger partial charge in [0.05, 0.1) is 37.6 Å². The molecule has 0 saturated carbocycles.